The average molecular weight is 456 g/mol. The van der Waals surface area contributed by atoms with Crippen molar-refractivity contribution in [3.63, 3.8) is 0 Å². The van der Waals surface area contributed by atoms with Crippen LogP contribution in [0, 0.1) is 11.7 Å². The van der Waals surface area contributed by atoms with E-state index in [9.17, 15) is 17.6 Å². The van der Waals surface area contributed by atoms with Crippen molar-refractivity contribution in [2.24, 2.45) is 5.92 Å². The van der Waals surface area contributed by atoms with Crippen molar-refractivity contribution in [1.29, 1.82) is 0 Å². The molecular weight excluding hydrogens is 437 g/mol. The fourth-order valence-electron chi connectivity index (χ4n) is 2.94. The summed E-state index contributed by atoms with van der Waals surface area (Å²) in [6, 6.07) is 12.2. The summed E-state index contributed by atoms with van der Waals surface area (Å²) in [7, 11) is -3.68. The number of rotatable bonds is 5. The van der Waals surface area contributed by atoms with Gasteiger partial charge in [-0.05, 0) is 54.8 Å². The van der Waals surface area contributed by atoms with Crippen molar-refractivity contribution >= 4 is 31.9 Å². The number of hydrogen-bond acceptors (Lipinski definition) is 4. The molecule has 1 fully saturated rings. The smallest absolute Gasteiger partial charge is 0.309 e. The molecule has 144 valence electrons. The standard InChI is InChI=1S/C19H19BrFNO4S/c20-16-3-1-14(2-4-16)13-26-19(23)15-9-11-22(12-10-15)27(24,25)18-7-5-17(21)6-8-18/h1-8,15H,9-13H2. The van der Waals surface area contributed by atoms with Gasteiger partial charge in [0.2, 0.25) is 10.0 Å². The van der Waals surface area contributed by atoms with Crippen LogP contribution in [-0.4, -0.2) is 31.8 Å². The lowest BCUT2D eigenvalue weighted by Crippen LogP contribution is -2.40. The Bertz CT molecular complexity index is 892. The SMILES string of the molecule is O=C(OCc1ccc(Br)cc1)C1CCN(S(=O)(=O)c2ccc(F)cc2)CC1. The highest BCUT2D eigenvalue weighted by Crippen LogP contribution is 2.25. The number of carbonyl (C=O) groups excluding carboxylic acids is 1. The zero-order chi connectivity index (χ0) is 19.4. The fraction of sp³-hybridized carbons (Fsp3) is 0.316. The topological polar surface area (TPSA) is 63.7 Å². The van der Waals surface area contributed by atoms with E-state index in [-0.39, 0.29) is 36.5 Å². The van der Waals surface area contributed by atoms with Crippen LogP contribution in [0.25, 0.3) is 0 Å². The minimum atomic E-state index is -3.68. The molecule has 0 radical (unpaired) electrons. The van der Waals surface area contributed by atoms with Gasteiger partial charge in [0.15, 0.2) is 0 Å². The molecule has 1 heterocycles. The van der Waals surface area contributed by atoms with Gasteiger partial charge in [0, 0.05) is 17.6 Å². The summed E-state index contributed by atoms with van der Waals surface area (Å²) in [4.78, 5) is 12.3. The van der Waals surface area contributed by atoms with Gasteiger partial charge < -0.3 is 4.74 Å². The predicted octanol–water partition coefficient (Wildman–Crippen LogP) is 3.73. The molecule has 1 aliphatic rings. The van der Waals surface area contributed by atoms with Gasteiger partial charge in [0.05, 0.1) is 10.8 Å². The van der Waals surface area contributed by atoms with Crippen LogP contribution >= 0.6 is 15.9 Å². The maximum atomic E-state index is 13.0. The Morgan fingerprint density at radius 1 is 1.07 bits per heavy atom. The van der Waals surface area contributed by atoms with E-state index in [1.165, 1.54) is 16.4 Å². The molecule has 0 unspecified atom stereocenters. The van der Waals surface area contributed by atoms with Gasteiger partial charge in [-0.2, -0.15) is 4.31 Å². The monoisotopic (exact) mass is 455 g/mol. The van der Waals surface area contributed by atoms with Crippen molar-refractivity contribution in [3.05, 3.63) is 64.4 Å². The lowest BCUT2D eigenvalue weighted by Gasteiger charge is -2.30. The number of sulfonamides is 1. The average Bonchev–Trinajstić information content (AvgIpc) is 2.68. The Morgan fingerprint density at radius 2 is 1.67 bits per heavy atom. The maximum absolute atomic E-state index is 13.0. The van der Waals surface area contributed by atoms with E-state index in [1.807, 2.05) is 24.3 Å². The Balaban J connectivity index is 1.54. The van der Waals surface area contributed by atoms with Gasteiger partial charge >= 0.3 is 5.97 Å². The predicted molar refractivity (Wildman–Crippen MR) is 102 cm³/mol. The van der Waals surface area contributed by atoms with Crippen LogP contribution in [0.3, 0.4) is 0 Å². The highest BCUT2D eigenvalue weighted by Gasteiger charge is 2.32. The number of halogens is 2. The summed E-state index contributed by atoms with van der Waals surface area (Å²) in [6.07, 6.45) is 0.805. The van der Waals surface area contributed by atoms with Crippen molar-refractivity contribution in [3.8, 4) is 0 Å². The zero-order valence-electron chi connectivity index (χ0n) is 14.5. The van der Waals surface area contributed by atoms with E-state index >= 15 is 0 Å². The van der Waals surface area contributed by atoms with E-state index < -0.39 is 15.8 Å². The molecule has 5 nitrogen and oxygen atoms in total. The second kappa shape index (κ2) is 8.50. The first kappa shape index (κ1) is 20.0. The second-order valence-electron chi connectivity index (χ2n) is 6.37. The summed E-state index contributed by atoms with van der Waals surface area (Å²) in [5.41, 5.74) is 0.892. The van der Waals surface area contributed by atoms with Gasteiger partial charge in [-0.1, -0.05) is 28.1 Å². The number of hydrogen-bond donors (Lipinski definition) is 0. The molecular formula is C19H19BrFNO4S. The van der Waals surface area contributed by atoms with Crippen LogP contribution in [0.5, 0.6) is 0 Å². The van der Waals surface area contributed by atoms with E-state index in [2.05, 4.69) is 15.9 Å². The molecule has 0 aromatic heterocycles. The van der Waals surface area contributed by atoms with E-state index in [0.29, 0.717) is 12.8 Å². The molecule has 8 heteroatoms. The Kier molecular flexibility index (Phi) is 6.29. The zero-order valence-corrected chi connectivity index (χ0v) is 16.9. The van der Waals surface area contributed by atoms with Crippen LogP contribution in [0.4, 0.5) is 4.39 Å². The number of benzene rings is 2. The molecule has 2 aromatic carbocycles. The van der Waals surface area contributed by atoms with Crippen LogP contribution < -0.4 is 0 Å². The first-order valence-electron chi connectivity index (χ1n) is 8.53. The summed E-state index contributed by atoms with van der Waals surface area (Å²) < 4.78 is 45.8. The third-order valence-corrected chi connectivity index (χ3v) is 6.97. The lowest BCUT2D eigenvalue weighted by atomic mass is 9.98. The molecule has 0 saturated carbocycles. The first-order valence-corrected chi connectivity index (χ1v) is 10.8. The summed E-state index contributed by atoms with van der Waals surface area (Å²) in [5, 5.41) is 0. The second-order valence-corrected chi connectivity index (χ2v) is 9.22. The molecule has 0 aliphatic carbocycles. The van der Waals surface area contributed by atoms with Crippen molar-refractivity contribution < 1.29 is 22.3 Å². The maximum Gasteiger partial charge on any atom is 0.309 e. The third kappa shape index (κ3) is 4.94. The quantitative estimate of drug-likeness (QED) is 0.644. The van der Waals surface area contributed by atoms with Gasteiger partial charge in [-0.25, -0.2) is 12.8 Å². The first-order chi connectivity index (χ1) is 12.9. The van der Waals surface area contributed by atoms with E-state index in [1.54, 1.807) is 0 Å². The van der Waals surface area contributed by atoms with E-state index in [4.69, 9.17) is 4.74 Å². The van der Waals surface area contributed by atoms with Crippen LogP contribution in [0.2, 0.25) is 0 Å². The molecule has 3 rings (SSSR count). The molecule has 1 saturated heterocycles. The van der Waals surface area contributed by atoms with Crippen LogP contribution in [0.1, 0.15) is 18.4 Å². The molecule has 1 aliphatic heterocycles. The van der Waals surface area contributed by atoms with Gasteiger partial charge in [0.1, 0.15) is 12.4 Å². The molecule has 0 atom stereocenters. The van der Waals surface area contributed by atoms with Gasteiger partial charge in [-0.15, -0.1) is 0 Å². The fourth-order valence-corrected chi connectivity index (χ4v) is 4.67. The van der Waals surface area contributed by atoms with Crippen LogP contribution in [-0.2, 0) is 26.2 Å². The molecule has 27 heavy (non-hydrogen) atoms. The minimum Gasteiger partial charge on any atom is -0.461 e. The normalized spacial score (nSPS) is 16.2. The molecule has 2 aromatic rings. The molecule has 0 amide bonds. The minimum absolute atomic E-state index is 0.0557. The van der Waals surface area contributed by atoms with Crippen LogP contribution in [0.15, 0.2) is 57.9 Å². The van der Waals surface area contributed by atoms with Crippen molar-refractivity contribution in [2.45, 2.75) is 24.3 Å². The highest BCUT2D eigenvalue weighted by molar-refractivity contribution is 9.10. The molecule has 0 N–H and O–H groups in total. The number of ether oxygens (including phenoxy) is 1. The van der Waals surface area contributed by atoms with Crippen molar-refractivity contribution in [1.82, 2.24) is 4.31 Å². The number of piperidine rings is 1. The summed E-state index contributed by atoms with van der Waals surface area (Å²) in [5.74, 6) is -1.11. The summed E-state index contributed by atoms with van der Waals surface area (Å²) in [6.45, 7) is 0.662. The number of nitrogens with zero attached hydrogens (tertiary/aromatic N) is 1. The van der Waals surface area contributed by atoms with Gasteiger partial charge in [-0.3, -0.25) is 4.79 Å². The van der Waals surface area contributed by atoms with Gasteiger partial charge in [0.25, 0.3) is 0 Å². The Hall–Kier alpha value is -1.77. The van der Waals surface area contributed by atoms with Crippen molar-refractivity contribution in [2.75, 3.05) is 13.1 Å². The lowest BCUT2D eigenvalue weighted by molar-refractivity contribution is -0.151. The third-order valence-electron chi connectivity index (χ3n) is 4.53. The Morgan fingerprint density at radius 3 is 2.26 bits per heavy atom. The molecule has 0 spiro atoms. The number of carbonyl (C=O) groups is 1. The van der Waals surface area contributed by atoms with E-state index in [0.717, 1.165) is 22.2 Å². The number of esters is 1. The molecule has 0 bridgehead atoms. The highest BCUT2D eigenvalue weighted by atomic mass is 79.9. The Labute approximate surface area is 166 Å². The summed E-state index contributed by atoms with van der Waals surface area (Å²) >= 11 is 3.35. The largest absolute Gasteiger partial charge is 0.461 e.